The van der Waals surface area contributed by atoms with Gasteiger partial charge < -0.3 is 10.0 Å². The average Bonchev–Trinajstić information content (AvgIpc) is 2.56. The molecule has 86 valence electrons. The maximum absolute atomic E-state index is 11.4. The van der Waals surface area contributed by atoms with Crippen LogP contribution in [-0.2, 0) is 11.2 Å². The van der Waals surface area contributed by atoms with E-state index in [9.17, 15) is 9.90 Å². The summed E-state index contributed by atoms with van der Waals surface area (Å²) in [6.07, 6.45) is 0.486. The Balaban J connectivity index is 1.93. The summed E-state index contributed by atoms with van der Waals surface area (Å²) in [5.41, 5.74) is 1.04. The van der Waals surface area contributed by atoms with Gasteiger partial charge >= 0.3 is 0 Å². The number of likely N-dealkylation sites (tertiary alicyclic amines) is 1. The van der Waals surface area contributed by atoms with Gasteiger partial charge in [0.2, 0.25) is 5.91 Å². The van der Waals surface area contributed by atoms with Crippen molar-refractivity contribution in [2.24, 2.45) is 0 Å². The van der Waals surface area contributed by atoms with Gasteiger partial charge in [-0.1, -0.05) is 29.8 Å². The molecule has 1 aromatic rings. The van der Waals surface area contributed by atoms with Crippen LogP contribution in [0.4, 0.5) is 0 Å². The topological polar surface area (TPSA) is 40.5 Å². The molecule has 0 aliphatic carbocycles. The lowest BCUT2D eigenvalue weighted by Gasteiger charge is -2.15. The lowest BCUT2D eigenvalue weighted by molar-refractivity contribution is -0.127. The number of nitrogens with zero attached hydrogens (tertiary/aromatic N) is 1. The molecule has 16 heavy (non-hydrogen) atoms. The van der Waals surface area contributed by atoms with E-state index in [-0.39, 0.29) is 12.3 Å². The molecule has 0 aromatic heterocycles. The van der Waals surface area contributed by atoms with E-state index in [0.29, 0.717) is 13.1 Å². The van der Waals surface area contributed by atoms with Crippen molar-refractivity contribution in [1.29, 1.82) is 0 Å². The van der Waals surface area contributed by atoms with Crippen molar-refractivity contribution >= 4 is 17.5 Å². The minimum Gasteiger partial charge on any atom is -0.391 e. The summed E-state index contributed by atoms with van der Waals surface area (Å²) >= 11 is 6.02. The fourth-order valence-corrected chi connectivity index (χ4v) is 2.15. The highest BCUT2D eigenvalue weighted by molar-refractivity contribution is 6.31. The number of halogens is 1. The van der Waals surface area contributed by atoms with Crippen LogP contribution in [0.5, 0.6) is 0 Å². The fourth-order valence-electron chi connectivity index (χ4n) is 1.92. The summed E-state index contributed by atoms with van der Waals surface area (Å²) in [7, 11) is 0. The van der Waals surface area contributed by atoms with E-state index in [2.05, 4.69) is 0 Å². The first-order chi connectivity index (χ1) is 7.66. The van der Waals surface area contributed by atoms with E-state index in [1.54, 1.807) is 4.90 Å². The van der Waals surface area contributed by atoms with E-state index in [0.717, 1.165) is 17.0 Å². The predicted octanol–water partition coefficient (Wildman–Crippen LogP) is 1.48. The second kappa shape index (κ2) is 4.85. The number of β-amino-alcohol motifs (C(OH)–C–C–N with tert-alkyl or cyclic N) is 1. The molecular weight excluding hydrogens is 226 g/mol. The van der Waals surface area contributed by atoms with Gasteiger partial charge in [-0.05, 0) is 18.1 Å². The monoisotopic (exact) mass is 239 g/mol. The van der Waals surface area contributed by atoms with Gasteiger partial charge in [-0.15, -0.1) is 0 Å². The Bertz CT molecular complexity index is 394. The Morgan fingerprint density at radius 3 is 2.81 bits per heavy atom. The van der Waals surface area contributed by atoms with Crippen LogP contribution < -0.4 is 0 Å². The van der Waals surface area contributed by atoms with Crippen molar-refractivity contribution in [2.75, 3.05) is 13.1 Å². The number of hydrogen-bond acceptors (Lipinski definition) is 2. The Morgan fingerprint density at radius 1 is 1.44 bits per heavy atom. The van der Waals surface area contributed by atoms with Crippen molar-refractivity contribution in [1.82, 2.24) is 4.90 Å². The Hall–Kier alpha value is -1.06. The normalized spacial score (nSPS) is 20.5. The van der Waals surface area contributed by atoms with Crippen LogP contribution in [0.1, 0.15) is 12.0 Å². The summed E-state index contributed by atoms with van der Waals surface area (Å²) in [5, 5.41) is 10.1. The maximum Gasteiger partial charge on any atom is 0.225 e. The molecule has 1 fully saturated rings. The van der Waals surface area contributed by atoms with Gasteiger partial charge in [0.1, 0.15) is 0 Å². The minimum absolute atomic E-state index is 0.0274. The lowest BCUT2D eigenvalue weighted by atomic mass is 10.1. The highest BCUT2D eigenvalue weighted by Gasteiger charge is 2.27. The van der Waals surface area contributed by atoms with Crippen LogP contribution >= 0.6 is 11.6 Å². The first kappa shape index (κ1) is 11.4. The Labute approximate surface area is 99.6 Å². The molecule has 2 rings (SSSR count). The van der Waals surface area contributed by atoms with Crippen LogP contribution in [0.25, 0.3) is 0 Å². The third-order valence-electron chi connectivity index (χ3n) is 2.80. The quantitative estimate of drug-likeness (QED) is 0.868. The second-order valence-electron chi connectivity index (χ2n) is 4.04. The van der Waals surface area contributed by atoms with Crippen molar-refractivity contribution in [3.63, 3.8) is 0 Å². The lowest BCUT2D eigenvalue weighted by Crippen LogP contribution is -2.28. The Kier molecular flexibility index (Phi) is 3.46. The van der Waals surface area contributed by atoms with Crippen LogP contribution in [-0.4, -0.2) is 35.1 Å². The number of carbonyl (C=O) groups is 1. The van der Waals surface area contributed by atoms with E-state index < -0.39 is 6.10 Å². The van der Waals surface area contributed by atoms with Gasteiger partial charge in [0, 0.05) is 18.1 Å². The average molecular weight is 240 g/mol. The molecule has 1 saturated heterocycles. The molecule has 1 unspecified atom stereocenters. The molecule has 1 aliphatic rings. The first-order valence-electron chi connectivity index (χ1n) is 5.36. The van der Waals surface area contributed by atoms with E-state index in [1.165, 1.54) is 0 Å². The molecule has 4 heteroatoms. The fraction of sp³-hybridized carbons (Fsp3) is 0.417. The summed E-state index contributed by atoms with van der Waals surface area (Å²) in [6.45, 7) is 1.07. The molecular formula is C12H14ClNO2. The smallest absolute Gasteiger partial charge is 0.225 e. The van der Waals surface area contributed by atoms with Crippen molar-refractivity contribution < 1.29 is 9.90 Å². The van der Waals surface area contributed by atoms with E-state index in [1.807, 2.05) is 24.3 Å². The summed E-state index contributed by atoms with van der Waals surface area (Å²) in [4.78, 5) is 13.1. The van der Waals surface area contributed by atoms with Crippen LogP contribution in [0.3, 0.4) is 0 Å². The molecule has 3 nitrogen and oxygen atoms in total. The SMILES string of the molecule is O=C1CC(O)CN1CCc1ccccc1Cl. The number of benzene rings is 1. The minimum atomic E-state index is -0.501. The van der Waals surface area contributed by atoms with Gasteiger partial charge in [-0.3, -0.25) is 4.79 Å². The predicted molar refractivity (Wildman–Crippen MR) is 62.4 cm³/mol. The molecule has 0 saturated carbocycles. The van der Waals surface area contributed by atoms with Gasteiger partial charge in [-0.25, -0.2) is 0 Å². The van der Waals surface area contributed by atoms with Gasteiger partial charge in [-0.2, -0.15) is 0 Å². The van der Waals surface area contributed by atoms with Crippen molar-refractivity contribution in [3.8, 4) is 0 Å². The molecule has 1 N–H and O–H groups in total. The third-order valence-corrected chi connectivity index (χ3v) is 3.17. The summed E-state index contributed by atoms with van der Waals surface area (Å²) < 4.78 is 0. The molecule has 0 bridgehead atoms. The molecule has 0 spiro atoms. The number of rotatable bonds is 3. The first-order valence-corrected chi connectivity index (χ1v) is 5.74. The largest absolute Gasteiger partial charge is 0.391 e. The van der Waals surface area contributed by atoms with Crippen LogP contribution in [0.2, 0.25) is 5.02 Å². The van der Waals surface area contributed by atoms with Gasteiger partial charge in [0.15, 0.2) is 0 Å². The number of carbonyl (C=O) groups excluding carboxylic acids is 1. The highest BCUT2D eigenvalue weighted by atomic mass is 35.5. The molecule has 1 heterocycles. The van der Waals surface area contributed by atoms with Crippen LogP contribution in [0, 0.1) is 0 Å². The molecule has 1 atom stereocenters. The highest BCUT2D eigenvalue weighted by Crippen LogP contribution is 2.17. The number of amides is 1. The maximum atomic E-state index is 11.4. The number of aliphatic hydroxyl groups excluding tert-OH is 1. The van der Waals surface area contributed by atoms with Crippen molar-refractivity contribution in [2.45, 2.75) is 18.9 Å². The Morgan fingerprint density at radius 2 is 2.19 bits per heavy atom. The zero-order valence-corrected chi connectivity index (χ0v) is 9.65. The van der Waals surface area contributed by atoms with Gasteiger partial charge in [0.25, 0.3) is 0 Å². The molecule has 1 amide bonds. The zero-order valence-electron chi connectivity index (χ0n) is 8.90. The van der Waals surface area contributed by atoms with Gasteiger partial charge in [0.05, 0.1) is 12.5 Å². The number of hydrogen-bond donors (Lipinski definition) is 1. The summed E-state index contributed by atoms with van der Waals surface area (Å²) in [5.74, 6) is 0.0274. The standard InChI is InChI=1S/C12H14ClNO2/c13-11-4-2-1-3-9(11)5-6-14-8-10(15)7-12(14)16/h1-4,10,15H,5-8H2. The zero-order chi connectivity index (χ0) is 11.5. The molecule has 0 radical (unpaired) electrons. The molecule has 1 aliphatic heterocycles. The van der Waals surface area contributed by atoms with Crippen molar-refractivity contribution in [3.05, 3.63) is 34.9 Å². The number of aliphatic hydroxyl groups is 1. The second-order valence-corrected chi connectivity index (χ2v) is 4.45. The third kappa shape index (κ3) is 2.54. The van der Waals surface area contributed by atoms with Crippen LogP contribution in [0.15, 0.2) is 24.3 Å². The van der Waals surface area contributed by atoms with E-state index >= 15 is 0 Å². The van der Waals surface area contributed by atoms with E-state index in [4.69, 9.17) is 11.6 Å². The molecule has 1 aromatic carbocycles. The summed E-state index contributed by atoms with van der Waals surface area (Å²) in [6, 6.07) is 7.62.